The summed E-state index contributed by atoms with van der Waals surface area (Å²) in [6.45, 7) is 5.37. The van der Waals surface area contributed by atoms with Gasteiger partial charge in [0.15, 0.2) is 0 Å². The van der Waals surface area contributed by atoms with Crippen LogP contribution in [-0.2, 0) is 4.79 Å². The molecule has 0 aromatic rings. The molecule has 0 aliphatic heterocycles. The summed E-state index contributed by atoms with van der Waals surface area (Å²) in [7, 11) is 0. The van der Waals surface area contributed by atoms with Crippen molar-refractivity contribution in [2.24, 2.45) is 23.2 Å². The number of aliphatic hydroxyl groups excluding tert-OH is 1. The maximum atomic E-state index is 12.1. The van der Waals surface area contributed by atoms with Gasteiger partial charge in [0.2, 0.25) is 5.91 Å². The second kappa shape index (κ2) is 4.97. The first-order valence-corrected chi connectivity index (χ1v) is 6.93. The molecular formula is C14H25NO2. The molecule has 0 heterocycles. The molecule has 0 aromatic carbocycles. The Morgan fingerprint density at radius 3 is 2.29 bits per heavy atom. The van der Waals surface area contributed by atoms with Crippen LogP contribution in [0.3, 0.4) is 0 Å². The Balaban J connectivity index is 1.79. The largest absolute Gasteiger partial charge is 0.396 e. The van der Waals surface area contributed by atoms with Crippen molar-refractivity contribution in [2.45, 2.75) is 46.0 Å². The molecule has 2 saturated carbocycles. The summed E-state index contributed by atoms with van der Waals surface area (Å²) in [5, 5.41) is 12.3. The van der Waals surface area contributed by atoms with Crippen molar-refractivity contribution in [2.75, 3.05) is 13.2 Å². The predicted molar refractivity (Wildman–Crippen MR) is 67.4 cm³/mol. The lowest BCUT2D eigenvalue weighted by molar-refractivity contribution is -0.127. The third kappa shape index (κ3) is 3.21. The molecule has 1 amide bonds. The van der Waals surface area contributed by atoms with Gasteiger partial charge in [-0.2, -0.15) is 0 Å². The van der Waals surface area contributed by atoms with Crippen LogP contribution >= 0.6 is 0 Å². The first-order valence-electron chi connectivity index (χ1n) is 6.93. The van der Waals surface area contributed by atoms with Gasteiger partial charge in [0.05, 0.1) is 6.61 Å². The van der Waals surface area contributed by atoms with Gasteiger partial charge in [-0.25, -0.2) is 0 Å². The second-order valence-electron chi connectivity index (χ2n) is 6.49. The molecule has 2 fully saturated rings. The monoisotopic (exact) mass is 239 g/mol. The van der Waals surface area contributed by atoms with Crippen LogP contribution in [-0.4, -0.2) is 24.2 Å². The molecule has 0 saturated heterocycles. The van der Waals surface area contributed by atoms with Crippen molar-refractivity contribution in [1.82, 2.24) is 5.32 Å². The van der Waals surface area contributed by atoms with Gasteiger partial charge in [0.25, 0.3) is 0 Å². The number of hydrogen-bond acceptors (Lipinski definition) is 2. The van der Waals surface area contributed by atoms with Crippen LogP contribution in [0.2, 0.25) is 0 Å². The third-order valence-electron chi connectivity index (χ3n) is 4.48. The average Bonchev–Trinajstić information content (AvgIpc) is 3.05. The Hall–Kier alpha value is -0.570. The second-order valence-corrected chi connectivity index (χ2v) is 6.49. The minimum absolute atomic E-state index is 0.0293. The van der Waals surface area contributed by atoms with Crippen molar-refractivity contribution >= 4 is 5.91 Å². The molecule has 98 valence electrons. The van der Waals surface area contributed by atoms with E-state index in [-0.39, 0.29) is 23.8 Å². The van der Waals surface area contributed by atoms with E-state index in [1.165, 1.54) is 6.42 Å². The Labute approximate surface area is 104 Å². The molecule has 0 radical (unpaired) electrons. The van der Waals surface area contributed by atoms with Gasteiger partial charge in [0, 0.05) is 17.9 Å². The van der Waals surface area contributed by atoms with Crippen molar-refractivity contribution in [3.05, 3.63) is 0 Å². The van der Waals surface area contributed by atoms with E-state index in [4.69, 9.17) is 0 Å². The van der Waals surface area contributed by atoms with Gasteiger partial charge in [-0.15, -0.1) is 0 Å². The zero-order valence-electron chi connectivity index (χ0n) is 11.0. The van der Waals surface area contributed by atoms with Gasteiger partial charge in [-0.1, -0.05) is 13.8 Å². The van der Waals surface area contributed by atoms with E-state index in [1.54, 1.807) is 0 Å². The first kappa shape index (κ1) is 12.9. The van der Waals surface area contributed by atoms with Crippen LogP contribution in [0, 0.1) is 23.2 Å². The predicted octanol–water partition coefficient (Wildman–Crippen LogP) is 1.95. The van der Waals surface area contributed by atoms with Crippen LogP contribution in [0.1, 0.15) is 46.0 Å². The number of nitrogens with one attached hydrogen (secondary N) is 1. The molecule has 3 heteroatoms. The fourth-order valence-corrected chi connectivity index (χ4v) is 3.15. The van der Waals surface area contributed by atoms with E-state index in [9.17, 15) is 9.90 Å². The summed E-state index contributed by atoms with van der Waals surface area (Å²) in [6.07, 6.45) is 5.43. The highest BCUT2D eigenvalue weighted by atomic mass is 16.3. The van der Waals surface area contributed by atoms with E-state index in [0.717, 1.165) is 25.7 Å². The van der Waals surface area contributed by atoms with Crippen molar-refractivity contribution in [3.63, 3.8) is 0 Å². The highest BCUT2D eigenvalue weighted by molar-refractivity contribution is 5.78. The fraction of sp³-hybridized carbons (Fsp3) is 0.929. The molecule has 2 unspecified atom stereocenters. The van der Waals surface area contributed by atoms with Gasteiger partial charge in [-0.3, -0.25) is 4.79 Å². The number of carbonyl (C=O) groups is 1. The molecule has 2 aliphatic rings. The average molecular weight is 239 g/mol. The van der Waals surface area contributed by atoms with E-state index < -0.39 is 0 Å². The Kier molecular flexibility index (Phi) is 3.76. The summed E-state index contributed by atoms with van der Waals surface area (Å²) >= 11 is 0. The highest BCUT2D eigenvalue weighted by Gasteiger charge is 2.42. The van der Waals surface area contributed by atoms with Crippen molar-refractivity contribution in [3.8, 4) is 0 Å². The number of carbonyl (C=O) groups excluding carboxylic acids is 1. The lowest BCUT2D eigenvalue weighted by Gasteiger charge is -2.30. The topological polar surface area (TPSA) is 49.3 Å². The maximum absolute atomic E-state index is 12.1. The molecule has 0 aromatic heterocycles. The molecule has 2 N–H and O–H groups in total. The fourth-order valence-electron chi connectivity index (χ4n) is 3.15. The van der Waals surface area contributed by atoms with Gasteiger partial charge >= 0.3 is 0 Å². The summed E-state index contributed by atoms with van der Waals surface area (Å²) in [5.41, 5.74) is 0.0293. The quantitative estimate of drug-likeness (QED) is 0.787. The van der Waals surface area contributed by atoms with E-state index in [1.807, 2.05) is 0 Å². The standard InChI is InChI=1S/C14H25NO2/c1-10-5-11(2)7-12(6-10)13(17)15-8-14(9-16)3-4-14/h10-12,16H,3-9H2,1-2H3,(H,15,17). The first-order chi connectivity index (χ1) is 8.04. The minimum Gasteiger partial charge on any atom is -0.396 e. The van der Waals surface area contributed by atoms with Gasteiger partial charge < -0.3 is 10.4 Å². The van der Waals surface area contributed by atoms with Crippen LogP contribution < -0.4 is 5.32 Å². The van der Waals surface area contributed by atoms with Crippen molar-refractivity contribution < 1.29 is 9.90 Å². The number of amides is 1. The lowest BCUT2D eigenvalue weighted by atomic mass is 9.76. The smallest absolute Gasteiger partial charge is 0.223 e. The maximum Gasteiger partial charge on any atom is 0.223 e. The zero-order valence-corrected chi connectivity index (χ0v) is 11.0. The zero-order chi connectivity index (χ0) is 12.5. The van der Waals surface area contributed by atoms with Gasteiger partial charge in [-0.05, 0) is 43.9 Å². The van der Waals surface area contributed by atoms with Crippen molar-refractivity contribution in [1.29, 1.82) is 0 Å². The molecule has 2 aliphatic carbocycles. The molecule has 0 spiro atoms. The number of hydrogen-bond donors (Lipinski definition) is 2. The Bertz CT molecular complexity index is 276. The summed E-state index contributed by atoms with van der Waals surface area (Å²) < 4.78 is 0. The third-order valence-corrected chi connectivity index (χ3v) is 4.48. The Morgan fingerprint density at radius 2 is 1.82 bits per heavy atom. The molecule has 0 bridgehead atoms. The van der Waals surface area contributed by atoms with Crippen LogP contribution in [0.5, 0.6) is 0 Å². The minimum atomic E-state index is 0.0293. The molecule has 17 heavy (non-hydrogen) atoms. The van der Waals surface area contributed by atoms with E-state index in [2.05, 4.69) is 19.2 Å². The molecule has 2 atom stereocenters. The normalized spacial score (nSPS) is 35.4. The molecular weight excluding hydrogens is 214 g/mol. The van der Waals surface area contributed by atoms with Gasteiger partial charge in [0.1, 0.15) is 0 Å². The number of aliphatic hydroxyl groups is 1. The van der Waals surface area contributed by atoms with E-state index >= 15 is 0 Å². The van der Waals surface area contributed by atoms with Crippen LogP contribution in [0.4, 0.5) is 0 Å². The highest BCUT2D eigenvalue weighted by Crippen LogP contribution is 2.44. The van der Waals surface area contributed by atoms with Crippen LogP contribution in [0.25, 0.3) is 0 Å². The lowest BCUT2D eigenvalue weighted by Crippen LogP contribution is -2.38. The Morgan fingerprint density at radius 1 is 1.24 bits per heavy atom. The SMILES string of the molecule is CC1CC(C)CC(C(=O)NCC2(CO)CC2)C1. The summed E-state index contributed by atoms with van der Waals surface area (Å²) in [5.74, 6) is 1.75. The summed E-state index contributed by atoms with van der Waals surface area (Å²) in [4.78, 5) is 12.1. The number of rotatable bonds is 4. The molecule has 2 rings (SSSR count). The summed E-state index contributed by atoms with van der Waals surface area (Å²) in [6, 6.07) is 0. The molecule has 3 nitrogen and oxygen atoms in total. The van der Waals surface area contributed by atoms with E-state index in [0.29, 0.717) is 18.4 Å². The van der Waals surface area contributed by atoms with Crippen LogP contribution in [0.15, 0.2) is 0 Å².